The van der Waals surface area contributed by atoms with Gasteiger partial charge in [-0.25, -0.2) is 0 Å². The van der Waals surface area contributed by atoms with Gasteiger partial charge in [-0.15, -0.1) is 0 Å². The number of carboxylic acids is 1. The molecule has 1 aromatic carbocycles. The van der Waals surface area contributed by atoms with Gasteiger partial charge in [0.05, 0.1) is 5.56 Å². The molecular weight excluding hydrogens is 183 g/mol. The zero-order valence-corrected chi connectivity index (χ0v) is 8.98. The smallest absolute Gasteiger partial charge is 0.541 e. The largest absolute Gasteiger partial charge is 1.00 e. The van der Waals surface area contributed by atoms with Crippen molar-refractivity contribution in [3.63, 3.8) is 0 Å². The van der Waals surface area contributed by atoms with Crippen LogP contribution in [0.25, 0.3) is 0 Å². The molecule has 0 aliphatic heterocycles. The summed E-state index contributed by atoms with van der Waals surface area (Å²) in [5.74, 6) is -3.39. The van der Waals surface area contributed by atoms with E-state index in [0.29, 0.717) is 0 Å². The first-order valence-corrected chi connectivity index (χ1v) is 3.16. The number of para-hydroxylation sites is 1. The molecule has 5 heteroatoms. The Labute approximate surface area is 96.5 Å². The van der Waals surface area contributed by atoms with Crippen LogP contribution in [-0.4, -0.2) is 16.9 Å². The molecule has 13 heavy (non-hydrogen) atoms. The molecule has 0 radical (unpaired) electrons. The monoisotopic (exact) mass is 188 g/mol. The van der Waals surface area contributed by atoms with E-state index in [4.69, 9.17) is 5.11 Å². The van der Waals surface area contributed by atoms with E-state index in [1.165, 1.54) is 24.3 Å². The van der Waals surface area contributed by atoms with Gasteiger partial charge < -0.3 is 15.0 Å². The summed E-state index contributed by atoms with van der Waals surface area (Å²) >= 11 is 0. The number of carbonyl (C=O) groups excluding carboxylic acids is 2. The van der Waals surface area contributed by atoms with Crippen LogP contribution in [0.4, 0.5) is 0 Å². The predicted octanol–water partition coefficient (Wildman–Crippen LogP) is -3.67. The SMILES string of the molecule is O=C([O-])C(=O)c1ccccc1O.[Na+]. The Morgan fingerprint density at radius 2 is 1.77 bits per heavy atom. The Bertz CT molecular complexity index is 335. The molecule has 1 rings (SSSR count). The summed E-state index contributed by atoms with van der Waals surface area (Å²) in [5, 5.41) is 19.1. The Balaban J connectivity index is 0.00000144. The molecule has 1 aromatic rings. The molecule has 0 saturated carbocycles. The van der Waals surface area contributed by atoms with Crippen molar-refractivity contribution in [1.29, 1.82) is 0 Å². The normalized spacial score (nSPS) is 8.62. The molecule has 4 nitrogen and oxygen atoms in total. The molecule has 0 fully saturated rings. The van der Waals surface area contributed by atoms with Crippen molar-refractivity contribution in [1.82, 2.24) is 0 Å². The molecule has 0 aliphatic rings. The Hall–Kier alpha value is -0.840. The average molecular weight is 188 g/mol. The number of aliphatic carboxylic acids is 1. The molecule has 0 bridgehead atoms. The maximum Gasteiger partial charge on any atom is 1.00 e. The van der Waals surface area contributed by atoms with Crippen LogP contribution in [-0.2, 0) is 4.79 Å². The van der Waals surface area contributed by atoms with Gasteiger partial charge in [-0.1, -0.05) is 12.1 Å². The van der Waals surface area contributed by atoms with Gasteiger partial charge in [0.15, 0.2) is 0 Å². The molecule has 0 saturated heterocycles. The van der Waals surface area contributed by atoms with Gasteiger partial charge in [0, 0.05) is 0 Å². The van der Waals surface area contributed by atoms with Crippen molar-refractivity contribution in [3.8, 4) is 5.75 Å². The van der Waals surface area contributed by atoms with Crippen LogP contribution in [0.1, 0.15) is 10.4 Å². The standard InChI is InChI=1S/C8H6O4.Na/c9-6-4-2-1-3-5(6)7(10)8(11)12;/h1-4,9H,(H,11,12);/q;+1/p-1. The molecule has 0 unspecified atom stereocenters. The quantitative estimate of drug-likeness (QED) is 0.294. The van der Waals surface area contributed by atoms with Crippen LogP contribution >= 0.6 is 0 Å². The van der Waals surface area contributed by atoms with Crippen LogP contribution in [0, 0.1) is 0 Å². The average Bonchev–Trinajstić information content (AvgIpc) is 2.04. The molecule has 0 aromatic heterocycles. The third kappa shape index (κ3) is 2.84. The van der Waals surface area contributed by atoms with E-state index in [9.17, 15) is 14.7 Å². The number of benzene rings is 1. The second-order valence-corrected chi connectivity index (χ2v) is 2.13. The van der Waals surface area contributed by atoms with Crippen molar-refractivity contribution in [2.75, 3.05) is 0 Å². The first kappa shape index (κ1) is 12.2. The summed E-state index contributed by atoms with van der Waals surface area (Å²) in [7, 11) is 0. The number of ketones is 1. The minimum Gasteiger partial charge on any atom is -0.541 e. The number of carbonyl (C=O) groups is 2. The van der Waals surface area contributed by atoms with E-state index < -0.39 is 11.8 Å². The predicted molar refractivity (Wildman–Crippen MR) is 37.4 cm³/mol. The number of Topliss-reactive ketones (excluding diaryl/α,β-unsaturated/α-hetero) is 1. The van der Waals surface area contributed by atoms with Crippen LogP contribution in [0.2, 0.25) is 0 Å². The summed E-state index contributed by atoms with van der Waals surface area (Å²) in [6, 6.07) is 5.39. The number of hydrogen-bond donors (Lipinski definition) is 1. The van der Waals surface area contributed by atoms with Gasteiger partial charge in [-0.2, -0.15) is 0 Å². The third-order valence-corrected chi connectivity index (χ3v) is 1.33. The Kier molecular flexibility index (Phi) is 4.69. The fourth-order valence-corrected chi connectivity index (χ4v) is 0.776. The third-order valence-electron chi connectivity index (χ3n) is 1.33. The van der Waals surface area contributed by atoms with Gasteiger partial charge >= 0.3 is 29.6 Å². The second kappa shape index (κ2) is 5.01. The molecule has 1 N–H and O–H groups in total. The summed E-state index contributed by atoms with van der Waals surface area (Å²) in [6.45, 7) is 0. The van der Waals surface area contributed by atoms with Gasteiger partial charge in [-0.05, 0) is 12.1 Å². The number of phenolic OH excluding ortho intramolecular Hbond substituents is 1. The topological polar surface area (TPSA) is 77.4 Å². The van der Waals surface area contributed by atoms with E-state index in [1.54, 1.807) is 0 Å². The minimum absolute atomic E-state index is 0. The molecule has 0 atom stereocenters. The van der Waals surface area contributed by atoms with Gasteiger partial charge in [0.2, 0.25) is 5.78 Å². The van der Waals surface area contributed by atoms with Crippen molar-refractivity contribution >= 4 is 11.8 Å². The van der Waals surface area contributed by atoms with E-state index >= 15 is 0 Å². The van der Waals surface area contributed by atoms with Crippen molar-refractivity contribution in [3.05, 3.63) is 29.8 Å². The molecule has 0 heterocycles. The molecule has 62 valence electrons. The number of carboxylic acid groups (broad SMARTS) is 1. The number of aromatic hydroxyl groups is 1. The van der Waals surface area contributed by atoms with Crippen molar-refractivity contribution in [2.24, 2.45) is 0 Å². The maximum atomic E-state index is 10.7. The fraction of sp³-hybridized carbons (Fsp3) is 0. The Morgan fingerprint density at radius 3 is 2.23 bits per heavy atom. The van der Waals surface area contributed by atoms with Crippen molar-refractivity contribution in [2.45, 2.75) is 0 Å². The summed E-state index contributed by atoms with van der Waals surface area (Å²) in [5.41, 5.74) is -0.252. The van der Waals surface area contributed by atoms with Crippen LogP contribution in [0.5, 0.6) is 5.75 Å². The van der Waals surface area contributed by atoms with E-state index in [1.807, 2.05) is 0 Å². The van der Waals surface area contributed by atoms with Gasteiger partial charge in [0.25, 0.3) is 0 Å². The van der Waals surface area contributed by atoms with E-state index in [-0.39, 0.29) is 40.9 Å². The summed E-state index contributed by atoms with van der Waals surface area (Å²) in [6.07, 6.45) is 0. The summed E-state index contributed by atoms with van der Waals surface area (Å²) < 4.78 is 0. The van der Waals surface area contributed by atoms with Gasteiger partial charge in [-0.3, -0.25) is 4.79 Å². The molecule has 0 aliphatic carbocycles. The summed E-state index contributed by atoms with van der Waals surface area (Å²) in [4.78, 5) is 20.8. The maximum absolute atomic E-state index is 10.7. The fourth-order valence-electron chi connectivity index (χ4n) is 0.776. The van der Waals surface area contributed by atoms with E-state index in [0.717, 1.165) is 0 Å². The Morgan fingerprint density at radius 1 is 1.23 bits per heavy atom. The molecule has 0 spiro atoms. The van der Waals surface area contributed by atoms with E-state index in [2.05, 4.69) is 0 Å². The molecule has 0 amide bonds. The minimum atomic E-state index is -1.82. The van der Waals surface area contributed by atoms with Crippen molar-refractivity contribution < 1.29 is 49.4 Å². The zero-order valence-electron chi connectivity index (χ0n) is 6.98. The van der Waals surface area contributed by atoms with Gasteiger partial charge in [0.1, 0.15) is 11.7 Å². The number of hydrogen-bond acceptors (Lipinski definition) is 4. The second-order valence-electron chi connectivity index (χ2n) is 2.13. The van der Waals surface area contributed by atoms with Crippen LogP contribution < -0.4 is 34.7 Å². The van der Waals surface area contributed by atoms with Crippen LogP contribution in [0.15, 0.2) is 24.3 Å². The van der Waals surface area contributed by atoms with Crippen LogP contribution in [0.3, 0.4) is 0 Å². The number of rotatable bonds is 2. The number of phenols is 1. The first-order chi connectivity index (χ1) is 5.63. The first-order valence-electron chi connectivity index (χ1n) is 3.16. The molecular formula is C8H5NaO4. The zero-order chi connectivity index (χ0) is 9.14.